The maximum Gasteiger partial charge on any atom is 0.489 e. The molecule has 6 nitrogen and oxygen atoms in total. The molecule has 2 aromatic rings. The molecule has 0 amide bonds. The largest absolute Gasteiger partial charge is 0.495 e. The van der Waals surface area contributed by atoms with Crippen molar-refractivity contribution in [3.63, 3.8) is 0 Å². The van der Waals surface area contributed by atoms with Crippen LogP contribution < -0.4 is 19.7 Å². The van der Waals surface area contributed by atoms with Crippen LogP contribution in [0.15, 0.2) is 30.3 Å². The first kappa shape index (κ1) is 18.1. The fraction of sp³-hybridized carbons (Fsp3) is 0.188. The number of hydrogen-bond acceptors (Lipinski definition) is 6. The third-order valence-electron chi connectivity index (χ3n) is 3.38. The van der Waals surface area contributed by atoms with E-state index >= 15 is 0 Å². The van der Waals surface area contributed by atoms with Crippen molar-refractivity contribution >= 4 is 30.5 Å². The second kappa shape index (κ2) is 8.05. The summed E-state index contributed by atoms with van der Waals surface area (Å²) in [4.78, 5) is 11.1. The van der Waals surface area contributed by atoms with Crippen LogP contribution >= 0.6 is 11.6 Å². The van der Waals surface area contributed by atoms with Crippen LogP contribution in [0.3, 0.4) is 0 Å². The zero-order valence-electron chi connectivity index (χ0n) is 13.2. The first-order valence-electron chi connectivity index (χ1n) is 6.98. The number of methoxy groups -OCH3 is 2. The molecule has 0 spiro atoms. The Bertz CT molecular complexity index is 735. The zero-order valence-corrected chi connectivity index (χ0v) is 13.9. The minimum absolute atomic E-state index is 0.0439. The average Bonchev–Trinajstić information content (AvgIpc) is 2.59. The maximum absolute atomic E-state index is 11.1. The molecule has 2 aromatic carbocycles. The van der Waals surface area contributed by atoms with Crippen LogP contribution in [0.4, 0.5) is 0 Å². The van der Waals surface area contributed by atoms with E-state index in [0.717, 1.165) is 5.56 Å². The summed E-state index contributed by atoms with van der Waals surface area (Å²) in [5.74, 6) is 1.11. The summed E-state index contributed by atoms with van der Waals surface area (Å²) in [5.41, 5.74) is 0.953. The molecular formula is C16H16BClO6. The number of benzene rings is 2. The van der Waals surface area contributed by atoms with Crippen molar-refractivity contribution < 1.29 is 29.1 Å². The normalized spacial score (nSPS) is 10.2. The molecule has 2 N–H and O–H groups in total. The molecule has 0 heterocycles. The van der Waals surface area contributed by atoms with Gasteiger partial charge >= 0.3 is 7.12 Å². The summed E-state index contributed by atoms with van der Waals surface area (Å²) < 4.78 is 16.0. The van der Waals surface area contributed by atoms with Crippen LogP contribution in [0.1, 0.15) is 15.9 Å². The number of carbonyl (C=O) groups excluding carboxylic acids is 1. The lowest BCUT2D eigenvalue weighted by Gasteiger charge is -2.14. The summed E-state index contributed by atoms with van der Waals surface area (Å²) in [5, 5.41) is 19.1. The predicted molar refractivity (Wildman–Crippen MR) is 90.5 cm³/mol. The van der Waals surface area contributed by atoms with E-state index in [4.69, 9.17) is 25.8 Å². The SMILES string of the molecule is COc1cc(COc2cc(C=O)c(B(O)O)cc2OC)ccc1Cl. The Morgan fingerprint density at radius 1 is 1.08 bits per heavy atom. The number of aldehydes is 1. The van der Waals surface area contributed by atoms with Crippen LogP contribution in [-0.4, -0.2) is 37.7 Å². The van der Waals surface area contributed by atoms with Crippen molar-refractivity contribution in [1.29, 1.82) is 0 Å². The second-order valence-corrected chi connectivity index (χ2v) is 5.29. The van der Waals surface area contributed by atoms with Gasteiger partial charge in [0.05, 0.1) is 19.2 Å². The van der Waals surface area contributed by atoms with Gasteiger partial charge in [0, 0.05) is 5.56 Å². The fourth-order valence-electron chi connectivity index (χ4n) is 2.14. The highest BCUT2D eigenvalue weighted by molar-refractivity contribution is 6.60. The van der Waals surface area contributed by atoms with Crippen LogP contribution in [-0.2, 0) is 6.61 Å². The van der Waals surface area contributed by atoms with Crippen molar-refractivity contribution in [3.05, 3.63) is 46.5 Å². The summed E-state index contributed by atoms with van der Waals surface area (Å²) >= 11 is 5.98. The van der Waals surface area contributed by atoms with E-state index in [0.29, 0.717) is 22.8 Å². The lowest BCUT2D eigenvalue weighted by Crippen LogP contribution is -2.33. The Morgan fingerprint density at radius 2 is 1.79 bits per heavy atom. The molecule has 0 aliphatic heterocycles. The molecule has 0 radical (unpaired) electrons. The minimum atomic E-state index is -1.78. The van der Waals surface area contributed by atoms with Crippen molar-refractivity contribution in [3.8, 4) is 17.2 Å². The van der Waals surface area contributed by atoms with Gasteiger partial charge in [-0.1, -0.05) is 17.7 Å². The Labute approximate surface area is 144 Å². The van der Waals surface area contributed by atoms with E-state index in [2.05, 4.69) is 0 Å². The van der Waals surface area contributed by atoms with Gasteiger partial charge in [-0.05, 0) is 35.3 Å². The quantitative estimate of drug-likeness (QED) is 0.580. The summed E-state index contributed by atoms with van der Waals surface area (Å²) in [6.45, 7) is 0.184. The van der Waals surface area contributed by atoms with Gasteiger partial charge in [-0.3, -0.25) is 4.79 Å². The third-order valence-corrected chi connectivity index (χ3v) is 3.70. The van der Waals surface area contributed by atoms with E-state index < -0.39 is 7.12 Å². The molecule has 0 aliphatic rings. The van der Waals surface area contributed by atoms with E-state index in [9.17, 15) is 14.8 Å². The molecule has 2 rings (SSSR count). The van der Waals surface area contributed by atoms with Gasteiger partial charge in [-0.15, -0.1) is 0 Å². The Balaban J connectivity index is 2.27. The van der Waals surface area contributed by atoms with Crippen molar-refractivity contribution in [1.82, 2.24) is 0 Å². The van der Waals surface area contributed by atoms with Crippen molar-refractivity contribution in [2.24, 2.45) is 0 Å². The second-order valence-electron chi connectivity index (χ2n) is 4.88. The number of halogens is 1. The standard InChI is InChI=1S/C16H16BClO6/c1-22-14-5-10(3-4-13(14)18)9-24-16-6-11(8-19)12(17(20)21)7-15(16)23-2/h3-8,20-21H,9H2,1-2H3. The summed E-state index contributed by atoms with van der Waals surface area (Å²) in [6, 6.07) is 7.96. The molecule has 0 unspecified atom stereocenters. The summed E-state index contributed by atoms with van der Waals surface area (Å²) in [6.07, 6.45) is 0.520. The fourth-order valence-corrected chi connectivity index (χ4v) is 2.34. The molecule has 0 atom stereocenters. The van der Waals surface area contributed by atoms with Gasteiger partial charge < -0.3 is 24.3 Å². The Morgan fingerprint density at radius 3 is 2.38 bits per heavy atom. The maximum atomic E-state index is 11.1. The lowest BCUT2D eigenvalue weighted by molar-refractivity contribution is 0.112. The first-order chi connectivity index (χ1) is 11.5. The van der Waals surface area contributed by atoms with Crippen LogP contribution in [0.25, 0.3) is 0 Å². The van der Waals surface area contributed by atoms with Gasteiger partial charge in [0.2, 0.25) is 0 Å². The van der Waals surface area contributed by atoms with Gasteiger partial charge in [0.15, 0.2) is 11.5 Å². The van der Waals surface area contributed by atoms with Crippen LogP contribution in [0.5, 0.6) is 17.2 Å². The zero-order chi connectivity index (χ0) is 17.7. The minimum Gasteiger partial charge on any atom is -0.495 e. The molecule has 0 aromatic heterocycles. The van der Waals surface area contributed by atoms with E-state index in [1.807, 2.05) is 0 Å². The molecule has 0 saturated carbocycles. The van der Waals surface area contributed by atoms with E-state index in [1.54, 1.807) is 18.2 Å². The van der Waals surface area contributed by atoms with Gasteiger partial charge in [0.25, 0.3) is 0 Å². The number of hydrogen-bond donors (Lipinski definition) is 2. The molecule has 0 bridgehead atoms. The molecule has 0 saturated heterocycles. The molecule has 24 heavy (non-hydrogen) atoms. The molecule has 8 heteroatoms. The topological polar surface area (TPSA) is 85.2 Å². The van der Waals surface area contributed by atoms with Gasteiger partial charge in [-0.25, -0.2) is 0 Å². The summed E-state index contributed by atoms with van der Waals surface area (Å²) in [7, 11) is 1.15. The number of ether oxygens (including phenoxy) is 3. The monoisotopic (exact) mass is 350 g/mol. The molecule has 0 fully saturated rings. The third kappa shape index (κ3) is 4.00. The molecule has 0 aliphatic carbocycles. The van der Waals surface area contributed by atoms with Crippen molar-refractivity contribution in [2.45, 2.75) is 6.61 Å². The number of rotatable bonds is 7. The molecule has 126 valence electrons. The van der Waals surface area contributed by atoms with E-state index in [1.165, 1.54) is 26.4 Å². The number of carbonyl (C=O) groups is 1. The van der Waals surface area contributed by atoms with Crippen LogP contribution in [0, 0.1) is 0 Å². The van der Waals surface area contributed by atoms with E-state index in [-0.39, 0.29) is 23.4 Å². The Hall–Kier alpha value is -2.22. The highest BCUT2D eigenvalue weighted by Crippen LogP contribution is 2.29. The highest BCUT2D eigenvalue weighted by atomic mass is 35.5. The van der Waals surface area contributed by atoms with Gasteiger partial charge in [-0.2, -0.15) is 0 Å². The lowest BCUT2D eigenvalue weighted by atomic mass is 9.77. The van der Waals surface area contributed by atoms with Crippen molar-refractivity contribution in [2.75, 3.05) is 14.2 Å². The first-order valence-corrected chi connectivity index (χ1v) is 7.36. The smallest absolute Gasteiger partial charge is 0.489 e. The average molecular weight is 351 g/mol. The van der Waals surface area contributed by atoms with Gasteiger partial charge in [0.1, 0.15) is 18.6 Å². The highest BCUT2D eigenvalue weighted by Gasteiger charge is 2.20. The molecular weight excluding hydrogens is 334 g/mol. The predicted octanol–water partition coefficient (Wildman–Crippen LogP) is 1.43. The Kier molecular flexibility index (Phi) is 6.08. The van der Waals surface area contributed by atoms with Crippen LogP contribution in [0.2, 0.25) is 5.02 Å².